The topological polar surface area (TPSA) is 131 Å². The third-order valence-corrected chi connectivity index (χ3v) is 11.7. The van der Waals surface area contributed by atoms with Crippen LogP contribution in [0.15, 0.2) is 30.9 Å². The van der Waals surface area contributed by atoms with Gasteiger partial charge in [0.25, 0.3) is 0 Å². The Morgan fingerprint density at radius 1 is 1.10 bits per heavy atom. The van der Waals surface area contributed by atoms with Gasteiger partial charge in [-0.15, -0.1) is 0 Å². The number of likely N-dealkylation sites (tertiary alicyclic amines) is 1. The van der Waals surface area contributed by atoms with Crippen molar-refractivity contribution in [2.75, 3.05) is 56.5 Å². The molecule has 0 bridgehead atoms. The average Bonchev–Trinajstić information content (AvgIpc) is 3.91. The molecule has 0 aliphatic carbocycles. The number of hydrogen-bond acceptors (Lipinski definition) is 11. The highest BCUT2D eigenvalue weighted by molar-refractivity contribution is 7.22. The van der Waals surface area contributed by atoms with E-state index in [-0.39, 0.29) is 67.5 Å². The van der Waals surface area contributed by atoms with Gasteiger partial charge in [0.2, 0.25) is 0 Å². The molecule has 9 rings (SSSR count). The van der Waals surface area contributed by atoms with Crippen LogP contribution < -0.4 is 15.4 Å². The molecule has 1 amide bonds. The fourth-order valence-corrected chi connectivity index (χ4v) is 9.39. The summed E-state index contributed by atoms with van der Waals surface area (Å²) in [5, 5.41) is 4.57. The molecule has 4 aliphatic heterocycles. The number of nitrogens with zero attached hydrogens (tertiary/aromatic N) is 9. The van der Waals surface area contributed by atoms with E-state index >= 15 is 4.39 Å². The van der Waals surface area contributed by atoms with Crippen LogP contribution in [0.25, 0.3) is 32.2 Å². The number of aromatic nitrogens is 6. The van der Waals surface area contributed by atoms with Gasteiger partial charge in [0.05, 0.1) is 20.8 Å². The van der Waals surface area contributed by atoms with Crippen LogP contribution in [-0.2, 0) is 0 Å². The second-order valence-electron chi connectivity index (χ2n) is 13.4. The van der Waals surface area contributed by atoms with E-state index in [1.54, 1.807) is 11.0 Å². The van der Waals surface area contributed by atoms with E-state index < -0.39 is 23.3 Å². The highest BCUT2D eigenvalue weighted by atomic mass is 35.5. The number of amides is 1. The fraction of sp³-hybridized carbons (Fsp3) is 0.438. The molecular weight excluding hydrogens is 681 g/mol. The van der Waals surface area contributed by atoms with Gasteiger partial charge in [0.15, 0.2) is 10.9 Å². The third-order valence-electron chi connectivity index (χ3n) is 10.5. The summed E-state index contributed by atoms with van der Waals surface area (Å²) >= 11 is 7.80. The van der Waals surface area contributed by atoms with E-state index in [0.717, 1.165) is 30.7 Å². The lowest BCUT2D eigenvalue weighted by molar-refractivity contribution is 0.107. The Kier molecular flexibility index (Phi) is 7.14. The van der Waals surface area contributed by atoms with E-state index in [1.165, 1.54) is 29.5 Å². The molecule has 0 radical (unpaired) electrons. The zero-order valence-corrected chi connectivity index (χ0v) is 27.6. The largest absolute Gasteiger partial charge is 0.461 e. The Hall–Kier alpha value is -4.28. The first-order chi connectivity index (χ1) is 23.7. The number of nitrogens with two attached hydrogens (primary N) is 1. The molecule has 49 heavy (non-hydrogen) atoms. The number of thiazole rings is 1. The van der Waals surface area contributed by atoms with Crippen LogP contribution in [0.1, 0.15) is 19.3 Å². The molecule has 12 nitrogen and oxygen atoms in total. The number of carbonyl (C=O) groups is 1. The van der Waals surface area contributed by atoms with Crippen LogP contribution in [0, 0.1) is 23.5 Å². The van der Waals surface area contributed by atoms with Crippen molar-refractivity contribution in [3.8, 4) is 17.1 Å². The Morgan fingerprint density at radius 2 is 1.92 bits per heavy atom. The summed E-state index contributed by atoms with van der Waals surface area (Å²) in [6, 6.07) is 4.03. The maximum Gasteiger partial charge on any atom is 0.346 e. The van der Waals surface area contributed by atoms with Gasteiger partial charge >= 0.3 is 12.0 Å². The van der Waals surface area contributed by atoms with Gasteiger partial charge in [-0.05, 0) is 37.6 Å². The zero-order valence-electron chi connectivity index (χ0n) is 26.0. The molecule has 4 atom stereocenters. The molecule has 4 fully saturated rings. The molecule has 0 spiro atoms. The van der Waals surface area contributed by atoms with Gasteiger partial charge in [-0.1, -0.05) is 22.9 Å². The first kappa shape index (κ1) is 30.8. The number of nitrogen functional groups attached to an aromatic ring is 1. The van der Waals surface area contributed by atoms with Crippen LogP contribution >= 0.6 is 22.9 Å². The molecule has 0 saturated carbocycles. The van der Waals surface area contributed by atoms with Crippen molar-refractivity contribution in [1.82, 2.24) is 39.5 Å². The summed E-state index contributed by atoms with van der Waals surface area (Å²) in [6.45, 7) is 3.47. The highest BCUT2D eigenvalue weighted by Crippen LogP contribution is 2.45. The lowest BCUT2D eigenvalue weighted by Gasteiger charge is -2.31. The van der Waals surface area contributed by atoms with E-state index in [1.807, 2.05) is 0 Å². The summed E-state index contributed by atoms with van der Waals surface area (Å²) in [6.07, 6.45) is 3.86. The predicted octanol–water partition coefficient (Wildman–Crippen LogP) is 5.00. The van der Waals surface area contributed by atoms with Crippen molar-refractivity contribution in [3.05, 3.63) is 47.5 Å². The number of fused-ring (bicyclic) bond motifs is 4. The number of carbonyl (C=O) groups excluding carboxylic acids is 1. The van der Waals surface area contributed by atoms with Crippen LogP contribution in [0.3, 0.4) is 0 Å². The molecule has 2 aromatic carbocycles. The lowest BCUT2D eigenvalue weighted by Crippen LogP contribution is -2.43. The molecule has 7 heterocycles. The Bertz CT molecular complexity index is 2120. The normalized spacial score (nSPS) is 25.2. The van der Waals surface area contributed by atoms with Gasteiger partial charge in [-0.2, -0.15) is 19.7 Å². The SMILES string of the molecule is Nc1nc2c(-c3c(Cl)cc4c(N5CC6CN(C(=O)n7cncn7)CC6C5)nc(OC[C@@]56CCCN5C[C@H](F)C6)nc4c3F)ccc(F)c2s1. The second-order valence-corrected chi connectivity index (χ2v) is 14.9. The van der Waals surface area contributed by atoms with Crippen molar-refractivity contribution in [1.29, 1.82) is 0 Å². The monoisotopic (exact) mass is 710 g/mol. The van der Waals surface area contributed by atoms with Crippen LogP contribution in [0.2, 0.25) is 5.02 Å². The van der Waals surface area contributed by atoms with Crippen molar-refractivity contribution >= 4 is 61.0 Å². The summed E-state index contributed by atoms with van der Waals surface area (Å²) in [4.78, 5) is 36.4. The van der Waals surface area contributed by atoms with E-state index in [0.29, 0.717) is 50.3 Å². The molecule has 2 N–H and O–H groups in total. The molecule has 254 valence electrons. The molecule has 4 saturated heterocycles. The summed E-state index contributed by atoms with van der Waals surface area (Å²) in [5.74, 6) is -0.530. The minimum atomic E-state index is -0.938. The molecular formula is C32H30ClF3N10O2S. The van der Waals surface area contributed by atoms with Gasteiger partial charge < -0.3 is 20.3 Å². The van der Waals surface area contributed by atoms with Crippen LogP contribution in [-0.4, -0.2) is 103 Å². The summed E-state index contributed by atoms with van der Waals surface area (Å²) in [5.41, 5.74) is 5.93. The molecule has 4 aliphatic rings. The third kappa shape index (κ3) is 4.97. The van der Waals surface area contributed by atoms with Gasteiger partial charge in [0.1, 0.15) is 42.6 Å². The number of alkyl halides is 1. The second kappa shape index (κ2) is 11.4. The first-order valence-corrected chi connectivity index (χ1v) is 17.3. The quantitative estimate of drug-likeness (QED) is 0.266. The highest BCUT2D eigenvalue weighted by Gasteiger charge is 2.49. The number of ether oxygens (including phenoxy) is 1. The smallest absolute Gasteiger partial charge is 0.346 e. The maximum atomic E-state index is 16.9. The van der Waals surface area contributed by atoms with Crippen LogP contribution in [0.4, 0.5) is 28.9 Å². The molecule has 17 heteroatoms. The van der Waals surface area contributed by atoms with Crippen molar-refractivity contribution in [2.24, 2.45) is 11.8 Å². The first-order valence-electron chi connectivity index (χ1n) is 16.1. The van der Waals surface area contributed by atoms with E-state index in [2.05, 4.69) is 29.9 Å². The Labute approximate surface area is 286 Å². The fourth-order valence-electron chi connectivity index (χ4n) is 8.33. The molecule has 3 aromatic heterocycles. The molecule has 2 unspecified atom stereocenters. The number of rotatable bonds is 5. The van der Waals surface area contributed by atoms with E-state index in [9.17, 15) is 13.6 Å². The standard InChI is InChI=1S/C32H30ClF3N10O2S/c33-21-6-20-25(24(36)23(21)19-2-3-22(35)27-26(19)40-29(37)49-27)41-30(48-13-32-4-1-5-45(32)12-18(34)7-32)42-28(20)43-8-16-10-44(11-17(16)9-43)31(47)46-15-38-14-39-46/h2-3,6,14-18H,1,4-5,7-13H2,(H2,37,40)/t16?,17?,18-,32+/m1/s1. The number of benzene rings is 2. The van der Waals surface area contributed by atoms with Crippen molar-refractivity contribution < 1.29 is 22.7 Å². The number of hydrogen-bond donors (Lipinski definition) is 1. The lowest BCUT2D eigenvalue weighted by atomic mass is 9.95. The summed E-state index contributed by atoms with van der Waals surface area (Å²) < 4.78 is 53.8. The van der Waals surface area contributed by atoms with Gasteiger partial charge in [0, 0.05) is 67.5 Å². The minimum Gasteiger partial charge on any atom is -0.461 e. The van der Waals surface area contributed by atoms with E-state index in [4.69, 9.17) is 27.1 Å². The van der Waals surface area contributed by atoms with Crippen molar-refractivity contribution in [3.63, 3.8) is 0 Å². The maximum absolute atomic E-state index is 16.9. The molecule has 5 aromatic rings. The van der Waals surface area contributed by atoms with Crippen LogP contribution in [0.5, 0.6) is 6.01 Å². The van der Waals surface area contributed by atoms with Gasteiger partial charge in [-0.3, -0.25) is 4.90 Å². The zero-order chi connectivity index (χ0) is 33.6. The predicted molar refractivity (Wildman–Crippen MR) is 178 cm³/mol. The minimum absolute atomic E-state index is 0.0113. The average molecular weight is 711 g/mol. The van der Waals surface area contributed by atoms with Gasteiger partial charge in [-0.25, -0.2) is 27.9 Å². The summed E-state index contributed by atoms with van der Waals surface area (Å²) in [7, 11) is 0. The Balaban J connectivity index is 1.10. The number of anilines is 2. The van der Waals surface area contributed by atoms with Crippen molar-refractivity contribution in [2.45, 2.75) is 31.0 Å². The Morgan fingerprint density at radius 3 is 2.69 bits per heavy atom. The number of halogens is 4.